The maximum atomic E-state index is 12.9. The van der Waals surface area contributed by atoms with Gasteiger partial charge in [0.15, 0.2) is 11.5 Å². The van der Waals surface area contributed by atoms with Gasteiger partial charge in [-0.05, 0) is 48.5 Å². The predicted octanol–water partition coefficient (Wildman–Crippen LogP) is 4.08. The molecule has 4 rings (SSSR count). The van der Waals surface area contributed by atoms with Crippen LogP contribution in [-0.4, -0.2) is 63.8 Å². The first-order valence-corrected chi connectivity index (χ1v) is 15.2. The van der Waals surface area contributed by atoms with Crippen LogP contribution in [0.15, 0.2) is 88.9 Å². The number of carbonyl (C=O) groups excluding carboxylic acids is 2. The van der Waals surface area contributed by atoms with E-state index < -0.39 is 21.8 Å². The maximum Gasteiger partial charge on any atom is 0.267 e. The van der Waals surface area contributed by atoms with Gasteiger partial charge in [-0.15, -0.1) is 11.8 Å². The Hall–Kier alpha value is -4.82. The molecule has 0 aliphatic rings. The molecule has 0 saturated carbocycles. The van der Waals surface area contributed by atoms with E-state index in [0.29, 0.717) is 18.0 Å². The molecule has 1 heterocycles. The summed E-state index contributed by atoms with van der Waals surface area (Å²) in [5, 5.41) is 5.74. The van der Waals surface area contributed by atoms with Crippen molar-refractivity contribution in [1.29, 1.82) is 0 Å². The van der Waals surface area contributed by atoms with Crippen molar-refractivity contribution in [1.82, 2.24) is 14.7 Å². The minimum atomic E-state index is -4.23. The fourth-order valence-electron chi connectivity index (χ4n) is 3.82. The number of ether oxygens (including phenoxy) is 3. The van der Waals surface area contributed by atoms with E-state index in [-0.39, 0.29) is 33.5 Å². The van der Waals surface area contributed by atoms with Crippen molar-refractivity contribution >= 4 is 45.2 Å². The molecule has 43 heavy (non-hydrogen) atoms. The van der Waals surface area contributed by atoms with Crippen LogP contribution >= 0.6 is 11.8 Å². The second-order valence-corrected chi connectivity index (χ2v) is 11.5. The normalized spacial score (nSPS) is 10.9. The second-order valence-electron chi connectivity index (χ2n) is 8.68. The van der Waals surface area contributed by atoms with Gasteiger partial charge < -0.3 is 24.8 Å². The standard InChI is InChI=1S/C29H29N5O7S2/c1-39-24-14-13-23(25(40-2)26(24)41-3)28(36)33-20-11-9-19(10-12-20)27(35)34-43(37,38)22-17-31-29(32-18-22)30-15-16-42-21-7-5-4-6-8-21/h4-14,17-18H,15-16H2,1-3H3,(H,33,36)(H,34,35)(H,30,31,32). The second kappa shape index (κ2) is 14.4. The number of amides is 2. The van der Waals surface area contributed by atoms with Crippen molar-refractivity contribution in [3.8, 4) is 17.2 Å². The molecule has 14 heteroatoms. The summed E-state index contributed by atoms with van der Waals surface area (Å²) < 4.78 is 43.4. The summed E-state index contributed by atoms with van der Waals surface area (Å²) in [7, 11) is 0.0692. The molecule has 0 bridgehead atoms. The lowest BCUT2D eigenvalue weighted by molar-refractivity contribution is 0.0980. The Labute approximate surface area is 253 Å². The zero-order valence-corrected chi connectivity index (χ0v) is 25.1. The molecule has 4 aromatic rings. The van der Waals surface area contributed by atoms with Gasteiger partial charge in [-0.2, -0.15) is 0 Å². The lowest BCUT2D eigenvalue weighted by Gasteiger charge is -2.15. The molecule has 0 radical (unpaired) electrons. The highest BCUT2D eigenvalue weighted by Crippen LogP contribution is 2.40. The average molecular weight is 624 g/mol. The minimum absolute atomic E-state index is 0.0559. The Morgan fingerprint density at radius 2 is 1.49 bits per heavy atom. The number of benzene rings is 3. The van der Waals surface area contributed by atoms with Gasteiger partial charge in [-0.1, -0.05) is 18.2 Å². The summed E-state index contributed by atoms with van der Waals surface area (Å²) in [6.07, 6.45) is 2.24. The first-order valence-electron chi connectivity index (χ1n) is 12.8. The molecule has 12 nitrogen and oxygen atoms in total. The van der Waals surface area contributed by atoms with Crippen molar-refractivity contribution in [2.75, 3.05) is 44.3 Å². The van der Waals surface area contributed by atoms with E-state index in [0.717, 1.165) is 23.0 Å². The molecule has 0 spiro atoms. The van der Waals surface area contributed by atoms with Crippen LogP contribution < -0.4 is 29.6 Å². The molecule has 0 fully saturated rings. The van der Waals surface area contributed by atoms with Gasteiger partial charge in [0.25, 0.3) is 21.8 Å². The van der Waals surface area contributed by atoms with Crippen molar-refractivity contribution in [3.63, 3.8) is 0 Å². The van der Waals surface area contributed by atoms with Gasteiger partial charge in [0.2, 0.25) is 11.7 Å². The first-order chi connectivity index (χ1) is 20.7. The van der Waals surface area contributed by atoms with Crippen LogP contribution in [0.1, 0.15) is 20.7 Å². The van der Waals surface area contributed by atoms with Crippen LogP contribution in [0.25, 0.3) is 0 Å². The smallest absolute Gasteiger partial charge is 0.267 e. The topological polar surface area (TPSA) is 158 Å². The van der Waals surface area contributed by atoms with Crippen molar-refractivity contribution < 1.29 is 32.2 Å². The zero-order chi connectivity index (χ0) is 30.8. The van der Waals surface area contributed by atoms with Gasteiger partial charge in [-0.25, -0.2) is 23.1 Å². The fraction of sp³-hybridized carbons (Fsp3) is 0.172. The largest absolute Gasteiger partial charge is 0.493 e. The third-order valence-corrected chi connectivity index (χ3v) is 8.22. The van der Waals surface area contributed by atoms with Gasteiger partial charge in [-0.3, -0.25) is 9.59 Å². The maximum absolute atomic E-state index is 12.9. The van der Waals surface area contributed by atoms with Crippen molar-refractivity contribution in [2.45, 2.75) is 9.79 Å². The quantitative estimate of drug-likeness (QED) is 0.146. The Morgan fingerprint density at radius 3 is 2.12 bits per heavy atom. The van der Waals surface area contributed by atoms with Crippen molar-refractivity contribution in [2.24, 2.45) is 0 Å². The summed E-state index contributed by atoms with van der Waals surface area (Å²) in [6, 6.07) is 18.7. The summed E-state index contributed by atoms with van der Waals surface area (Å²) >= 11 is 1.66. The van der Waals surface area contributed by atoms with Gasteiger partial charge in [0.1, 0.15) is 4.90 Å². The summed E-state index contributed by atoms with van der Waals surface area (Å²) in [5.74, 6) is 0.521. The van der Waals surface area contributed by atoms with Gasteiger partial charge in [0, 0.05) is 28.4 Å². The number of anilines is 2. The number of carbonyl (C=O) groups is 2. The van der Waals surface area contributed by atoms with Gasteiger partial charge in [0.05, 0.1) is 39.3 Å². The van der Waals surface area contributed by atoms with E-state index in [2.05, 4.69) is 20.6 Å². The number of methoxy groups -OCH3 is 3. The minimum Gasteiger partial charge on any atom is -0.493 e. The van der Waals surface area contributed by atoms with E-state index in [4.69, 9.17) is 14.2 Å². The Morgan fingerprint density at radius 1 is 0.814 bits per heavy atom. The lowest BCUT2D eigenvalue weighted by Crippen LogP contribution is -2.30. The van der Waals surface area contributed by atoms with E-state index in [1.165, 1.54) is 51.7 Å². The molecule has 3 aromatic carbocycles. The highest BCUT2D eigenvalue weighted by Gasteiger charge is 2.22. The average Bonchev–Trinajstić information content (AvgIpc) is 3.03. The Balaban J connectivity index is 1.33. The van der Waals surface area contributed by atoms with Gasteiger partial charge >= 0.3 is 0 Å². The number of nitrogens with one attached hydrogen (secondary N) is 3. The molecular weight excluding hydrogens is 594 g/mol. The molecule has 0 unspecified atom stereocenters. The molecule has 3 N–H and O–H groups in total. The summed E-state index contributed by atoms with van der Waals surface area (Å²) in [5.41, 5.74) is 0.614. The zero-order valence-electron chi connectivity index (χ0n) is 23.5. The number of sulfonamides is 1. The molecular formula is C29H29N5O7S2. The van der Waals surface area contributed by atoms with Crippen LogP contribution in [-0.2, 0) is 10.0 Å². The molecule has 1 aromatic heterocycles. The third kappa shape index (κ3) is 7.93. The number of rotatable bonds is 13. The van der Waals surface area contributed by atoms with Crippen LogP contribution in [0, 0.1) is 0 Å². The number of hydrogen-bond acceptors (Lipinski definition) is 11. The Bertz CT molecular complexity index is 1670. The number of nitrogens with zero attached hydrogens (tertiary/aromatic N) is 2. The number of thioether (sulfide) groups is 1. The molecule has 224 valence electrons. The predicted molar refractivity (Wildman–Crippen MR) is 163 cm³/mol. The molecule has 0 saturated heterocycles. The molecule has 0 aliphatic heterocycles. The summed E-state index contributed by atoms with van der Waals surface area (Å²) in [6.45, 7) is 0.570. The van der Waals surface area contributed by atoms with Crippen LogP contribution in [0.2, 0.25) is 0 Å². The monoisotopic (exact) mass is 623 g/mol. The van der Waals surface area contributed by atoms with E-state index in [9.17, 15) is 18.0 Å². The van der Waals surface area contributed by atoms with E-state index in [1.54, 1.807) is 17.8 Å². The van der Waals surface area contributed by atoms with Crippen LogP contribution in [0.5, 0.6) is 17.2 Å². The molecule has 2 amide bonds. The number of hydrogen-bond donors (Lipinski definition) is 3. The molecule has 0 aliphatic carbocycles. The third-order valence-electron chi connectivity index (χ3n) is 5.92. The summed E-state index contributed by atoms with van der Waals surface area (Å²) in [4.78, 5) is 34.6. The SMILES string of the molecule is COc1ccc(C(=O)Nc2ccc(C(=O)NS(=O)(=O)c3cnc(NCCSc4ccccc4)nc3)cc2)c(OC)c1OC. The lowest BCUT2D eigenvalue weighted by atomic mass is 10.1. The highest BCUT2D eigenvalue weighted by atomic mass is 32.2. The Kier molecular flexibility index (Phi) is 10.4. The number of aromatic nitrogens is 2. The fourth-order valence-corrected chi connectivity index (χ4v) is 5.47. The van der Waals surface area contributed by atoms with Crippen molar-refractivity contribution in [3.05, 3.63) is 90.3 Å². The van der Waals surface area contributed by atoms with E-state index >= 15 is 0 Å². The van der Waals surface area contributed by atoms with Crippen LogP contribution in [0.4, 0.5) is 11.6 Å². The first kappa shape index (κ1) is 31.1. The molecule has 0 atom stereocenters. The van der Waals surface area contributed by atoms with Crippen LogP contribution in [0.3, 0.4) is 0 Å². The highest BCUT2D eigenvalue weighted by molar-refractivity contribution is 7.99. The van der Waals surface area contributed by atoms with E-state index in [1.807, 2.05) is 35.1 Å².